The number of aryl methyl sites for hydroxylation is 1. The summed E-state index contributed by atoms with van der Waals surface area (Å²) in [5, 5.41) is 5.10. The average Bonchev–Trinajstić information content (AvgIpc) is 3.03. The largest absolute Gasteiger partial charge is 0.352 e. The third kappa shape index (κ3) is 3.77. The van der Waals surface area contributed by atoms with Gasteiger partial charge in [-0.2, -0.15) is 0 Å². The van der Waals surface area contributed by atoms with Gasteiger partial charge in [0.05, 0.1) is 16.3 Å². The zero-order valence-corrected chi connectivity index (χ0v) is 17.8. The molecule has 3 aromatic rings. The van der Waals surface area contributed by atoms with Crippen molar-refractivity contribution in [2.24, 2.45) is 10.9 Å². The second-order valence-electron chi connectivity index (χ2n) is 7.28. The molecule has 1 aliphatic rings. The highest BCUT2D eigenvalue weighted by molar-refractivity contribution is 7.99. The maximum atomic E-state index is 12.5. The van der Waals surface area contributed by atoms with Gasteiger partial charge in [-0.05, 0) is 54.1 Å². The molecule has 0 radical (unpaired) electrons. The maximum absolute atomic E-state index is 12.5. The summed E-state index contributed by atoms with van der Waals surface area (Å²) in [5.41, 5.74) is 4.84. The second kappa shape index (κ2) is 7.94. The van der Waals surface area contributed by atoms with Crippen LogP contribution < -0.4 is 5.32 Å². The van der Waals surface area contributed by atoms with Crippen molar-refractivity contribution in [3.05, 3.63) is 75.5 Å². The topological polar surface area (TPSA) is 41.5 Å². The molecular formula is C23H22N2OS2. The first-order chi connectivity index (χ1) is 13.5. The highest BCUT2D eigenvalue weighted by Crippen LogP contribution is 2.42. The number of aliphatic imine (C=N–C) groups is 1. The van der Waals surface area contributed by atoms with Crippen LogP contribution in [0.2, 0.25) is 0 Å². The van der Waals surface area contributed by atoms with Crippen LogP contribution in [0.15, 0.2) is 68.7 Å². The van der Waals surface area contributed by atoms with Gasteiger partial charge in [-0.3, -0.25) is 4.79 Å². The third-order valence-electron chi connectivity index (χ3n) is 4.56. The van der Waals surface area contributed by atoms with Crippen molar-refractivity contribution >= 4 is 40.4 Å². The van der Waals surface area contributed by atoms with E-state index in [1.165, 1.54) is 15.3 Å². The van der Waals surface area contributed by atoms with E-state index in [1.807, 2.05) is 18.2 Å². The van der Waals surface area contributed by atoms with Gasteiger partial charge in [-0.1, -0.05) is 43.8 Å². The second-order valence-corrected chi connectivity index (χ2v) is 9.28. The van der Waals surface area contributed by atoms with Gasteiger partial charge in [0.1, 0.15) is 0 Å². The van der Waals surface area contributed by atoms with Gasteiger partial charge < -0.3 is 5.32 Å². The lowest BCUT2D eigenvalue weighted by Crippen LogP contribution is -2.27. The standard InChI is InChI=1S/C23H22N2OS2/c1-14(2)13-24-23(26)16-8-9-20-18(12-16)25-21(22-15(3)10-11-27-22)17-6-4-5-7-19(17)28-20/h4-12,14H,13H2,1-3H3,(H,24,26). The highest BCUT2D eigenvalue weighted by atomic mass is 32.2. The van der Waals surface area contributed by atoms with Gasteiger partial charge in [-0.15, -0.1) is 11.3 Å². The number of fused-ring (bicyclic) bond motifs is 2. The van der Waals surface area contributed by atoms with Crippen molar-refractivity contribution in [3.63, 3.8) is 0 Å². The summed E-state index contributed by atoms with van der Waals surface area (Å²) in [6.07, 6.45) is 0. The predicted octanol–water partition coefficient (Wildman–Crippen LogP) is 6.08. The lowest BCUT2D eigenvalue weighted by atomic mass is 10.1. The van der Waals surface area contributed by atoms with E-state index in [2.05, 4.69) is 61.8 Å². The lowest BCUT2D eigenvalue weighted by Gasteiger charge is -2.09. The normalized spacial score (nSPS) is 12.8. The Morgan fingerprint density at radius 3 is 2.68 bits per heavy atom. The van der Waals surface area contributed by atoms with Crippen LogP contribution in [-0.2, 0) is 0 Å². The molecule has 0 saturated heterocycles. The molecular weight excluding hydrogens is 384 g/mol. The fourth-order valence-electron chi connectivity index (χ4n) is 3.07. The first kappa shape index (κ1) is 19.0. The Morgan fingerprint density at radius 2 is 1.93 bits per heavy atom. The van der Waals surface area contributed by atoms with E-state index in [4.69, 9.17) is 4.99 Å². The number of hydrogen-bond acceptors (Lipinski definition) is 4. The number of carbonyl (C=O) groups excluding carboxylic acids is 1. The van der Waals surface area contributed by atoms with Crippen molar-refractivity contribution in [2.45, 2.75) is 30.6 Å². The molecule has 1 amide bonds. The SMILES string of the molecule is Cc1ccsc1C1=Nc2cc(C(=O)NCC(C)C)ccc2Sc2ccccc21. The molecule has 1 N–H and O–H groups in total. The van der Waals surface area contributed by atoms with Crippen LogP contribution in [0.5, 0.6) is 0 Å². The molecule has 0 aliphatic carbocycles. The van der Waals surface area contributed by atoms with Crippen molar-refractivity contribution in [3.8, 4) is 0 Å². The highest BCUT2D eigenvalue weighted by Gasteiger charge is 2.21. The van der Waals surface area contributed by atoms with Gasteiger partial charge in [-0.25, -0.2) is 4.99 Å². The van der Waals surface area contributed by atoms with E-state index < -0.39 is 0 Å². The van der Waals surface area contributed by atoms with Gasteiger partial charge in [0, 0.05) is 27.5 Å². The molecule has 142 valence electrons. The Kier molecular flexibility index (Phi) is 5.38. The van der Waals surface area contributed by atoms with Gasteiger partial charge in [0.15, 0.2) is 0 Å². The quantitative estimate of drug-likeness (QED) is 0.446. The van der Waals surface area contributed by atoms with Gasteiger partial charge in [0.25, 0.3) is 5.91 Å². The van der Waals surface area contributed by atoms with Crippen molar-refractivity contribution in [1.29, 1.82) is 0 Å². The maximum Gasteiger partial charge on any atom is 0.251 e. The molecule has 0 unspecified atom stereocenters. The summed E-state index contributed by atoms with van der Waals surface area (Å²) in [5.74, 6) is 0.369. The van der Waals surface area contributed by atoms with E-state index in [9.17, 15) is 4.79 Å². The number of hydrogen-bond donors (Lipinski definition) is 1. The molecule has 1 aliphatic heterocycles. The zero-order chi connectivity index (χ0) is 19.7. The van der Waals surface area contributed by atoms with Crippen molar-refractivity contribution in [1.82, 2.24) is 5.32 Å². The van der Waals surface area contributed by atoms with E-state index in [0.717, 1.165) is 21.9 Å². The number of rotatable bonds is 4. The molecule has 0 bridgehead atoms. The molecule has 2 heterocycles. The average molecular weight is 407 g/mol. The number of nitrogens with zero attached hydrogens (tertiary/aromatic N) is 1. The lowest BCUT2D eigenvalue weighted by molar-refractivity contribution is 0.0949. The number of benzene rings is 2. The third-order valence-corrected chi connectivity index (χ3v) is 6.73. The Balaban J connectivity index is 1.81. The van der Waals surface area contributed by atoms with Crippen LogP contribution in [-0.4, -0.2) is 18.2 Å². The minimum absolute atomic E-state index is 0.0488. The van der Waals surface area contributed by atoms with E-state index in [0.29, 0.717) is 18.0 Å². The van der Waals surface area contributed by atoms with E-state index in [1.54, 1.807) is 23.1 Å². The summed E-state index contributed by atoms with van der Waals surface area (Å²) in [6, 6.07) is 16.3. The molecule has 0 saturated carbocycles. The summed E-state index contributed by atoms with van der Waals surface area (Å²) in [7, 11) is 0. The minimum Gasteiger partial charge on any atom is -0.352 e. The summed E-state index contributed by atoms with van der Waals surface area (Å²) < 4.78 is 0. The fourth-order valence-corrected chi connectivity index (χ4v) is 5.00. The van der Waals surface area contributed by atoms with Crippen LogP contribution in [0.25, 0.3) is 0 Å². The zero-order valence-electron chi connectivity index (χ0n) is 16.2. The number of thiophene rings is 1. The molecule has 3 nitrogen and oxygen atoms in total. The smallest absolute Gasteiger partial charge is 0.251 e. The first-order valence-corrected chi connectivity index (χ1v) is 11.0. The Morgan fingerprint density at radius 1 is 1.11 bits per heavy atom. The van der Waals surface area contributed by atoms with E-state index in [-0.39, 0.29) is 5.91 Å². The summed E-state index contributed by atoms with van der Waals surface area (Å²) >= 11 is 3.41. The van der Waals surface area contributed by atoms with Crippen molar-refractivity contribution < 1.29 is 4.79 Å². The van der Waals surface area contributed by atoms with Crippen LogP contribution >= 0.6 is 23.1 Å². The fraction of sp³-hybridized carbons (Fsp3) is 0.217. The molecule has 4 rings (SSSR count). The Labute approximate surface area is 173 Å². The van der Waals surface area contributed by atoms with Crippen LogP contribution in [0, 0.1) is 12.8 Å². The molecule has 0 atom stereocenters. The van der Waals surface area contributed by atoms with Crippen LogP contribution in [0.1, 0.15) is 40.2 Å². The summed E-state index contributed by atoms with van der Waals surface area (Å²) in [4.78, 5) is 21.0. The number of amides is 1. The molecule has 0 fully saturated rings. The molecule has 0 spiro atoms. The predicted molar refractivity (Wildman–Crippen MR) is 119 cm³/mol. The molecule has 1 aromatic heterocycles. The molecule has 28 heavy (non-hydrogen) atoms. The van der Waals surface area contributed by atoms with Gasteiger partial charge in [0.2, 0.25) is 0 Å². The van der Waals surface area contributed by atoms with Crippen molar-refractivity contribution in [2.75, 3.05) is 6.54 Å². The molecule has 5 heteroatoms. The van der Waals surface area contributed by atoms with E-state index >= 15 is 0 Å². The van der Waals surface area contributed by atoms with Crippen LogP contribution in [0.3, 0.4) is 0 Å². The number of carbonyl (C=O) groups is 1. The van der Waals surface area contributed by atoms with Gasteiger partial charge >= 0.3 is 0 Å². The van der Waals surface area contributed by atoms with Crippen LogP contribution in [0.4, 0.5) is 5.69 Å². The minimum atomic E-state index is -0.0488. The number of nitrogens with one attached hydrogen (secondary N) is 1. The first-order valence-electron chi connectivity index (χ1n) is 9.35. The molecule has 2 aromatic carbocycles. The Bertz CT molecular complexity index is 1070. The Hall–Kier alpha value is -2.37. The monoisotopic (exact) mass is 406 g/mol. The summed E-state index contributed by atoms with van der Waals surface area (Å²) in [6.45, 7) is 6.96.